The van der Waals surface area contributed by atoms with Crippen LogP contribution in [0.25, 0.3) is 0 Å². The van der Waals surface area contributed by atoms with E-state index in [9.17, 15) is 13.2 Å². The van der Waals surface area contributed by atoms with Crippen LogP contribution in [0, 0.1) is 25.7 Å². The van der Waals surface area contributed by atoms with Crippen molar-refractivity contribution in [1.82, 2.24) is 9.88 Å². The maximum atomic E-state index is 12.2. The lowest BCUT2D eigenvalue weighted by Gasteiger charge is -2.16. The summed E-state index contributed by atoms with van der Waals surface area (Å²) in [6, 6.07) is 0. The largest absolute Gasteiger partial charge is 0.481 e. The lowest BCUT2D eigenvalue weighted by molar-refractivity contribution is -0.142. The highest BCUT2D eigenvalue weighted by Crippen LogP contribution is 2.31. The molecule has 2 unspecified atom stereocenters. The van der Waals surface area contributed by atoms with Crippen molar-refractivity contribution in [2.45, 2.75) is 38.0 Å². The van der Waals surface area contributed by atoms with E-state index in [0.717, 1.165) is 12.8 Å². The number of carboxylic acids is 1. The Bertz CT molecular complexity index is 588. The predicted molar refractivity (Wildman–Crippen MR) is 69.6 cm³/mol. The number of aromatic nitrogens is 1. The second-order valence-corrected chi connectivity index (χ2v) is 6.84. The monoisotopic (exact) mass is 302 g/mol. The van der Waals surface area contributed by atoms with Gasteiger partial charge in [0.15, 0.2) is 5.76 Å². The minimum atomic E-state index is -3.71. The van der Waals surface area contributed by atoms with Crippen molar-refractivity contribution in [2.75, 3.05) is 6.54 Å². The molecule has 0 bridgehead atoms. The molecule has 1 aliphatic rings. The summed E-state index contributed by atoms with van der Waals surface area (Å²) >= 11 is 0. The quantitative estimate of drug-likeness (QED) is 0.842. The molecule has 2 atom stereocenters. The van der Waals surface area contributed by atoms with Gasteiger partial charge in [0.2, 0.25) is 10.0 Å². The van der Waals surface area contributed by atoms with E-state index in [1.54, 1.807) is 6.92 Å². The predicted octanol–water partition coefficient (Wildman–Crippen LogP) is 1.07. The first-order chi connectivity index (χ1) is 9.33. The summed E-state index contributed by atoms with van der Waals surface area (Å²) < 4.78 is 31.7. The third-order valence-electron chi connectivity index (χ3n) is 3.75. The first-order valence-electron chi connectivity index (χ1n) is 6.48. The molecule has 2 rings (SSSR count). The topological polar surface area (TPSA) is 110 Å². The molecule has 8 heteroatoms. The van der Waals surface area contributed by atoms with Crippen LogP contribution in [-0.4, -0.2) is 31.2 Å². The first-order valence-corrected chi connectivity index (χ1v) is 7.96. The summed E-state index contributed by atoms with van der Waals surface area (Å²) in [5.41, 5.74) is 0.302. The zero-order valence-electron chi connectivity index (χ0n) is 11.4. The van der Waals surface area contributed by atoms with Crippen LogP contribution >= 0.6 is 0 Å². The van der Waals surface area contributed by atoms with Crippen LogP contribution in [0.2, 0.25) is 0 Å². The zero-order chi connectivity index (χ0) is 14.9. The minimum Gasteiger partial charge on any atom is -0.481 e. The summed E-state index contributed by atoms with van der Waals surface area (Å²) in [7, 11) is -3.71. The van der Waals surface area contributed by atoms with Gasteiger partial charge in [0.1, 0.15) is 10.6 Å². The minimum absolute atomic E-state index is 0.0439. The molecule has 0 spiro atoms. The fourth-order valence-corrected chi connectivity index (χ4v) is 4.17. The molecule has 0 aliphatic heterocycles. The van der Waals surface area contributed by atoms with E-state index in [4.69, 9.17) is 9.63 Å². The van der Waals surface area contributed by atoms with Gasteiger partial charge in [-0.1, -0.05) is 11.6 Å². The normalized spacial score (nSPS) is 23.1. The van der Waals surface area contributed by atoms with E-state index in [0.29, 0.717) is 12.1 Å². The molecular formula is C12H18N2O5S. The molecule has 112 valence electrons. The summed E-state index contributed by atoms with van der Waals surface area (Å²) in [5, 5.41) is 12.7. The number of carbonyl (C=O) groups is 1. The third-order valence-corrected chi connectivity index (χ3v) is 5.42. The maximum Gasteiger partial charge on any atom is 0.306 e. The van der Waals surface area contributed by atoms with Crippen molar-refractivity contribution < 1.29 is 22.8 Å². The van der Waals surface area contributed by atoms with Gasteiger partial charge in [-0.25, -0.2) is 13.1 Å². The van der Waals surface area contributed by atoms with E-state index in [1.165, 1.54) is 6.92 Å². The highest BCUT2D eigenvalue weighted by molar-refractivity contribution is 7.89. The van der Waals surface area contributed by atoms with Gasteiger partial charge in [-0.05, 0) is 32.6 Å². The Balaban J connectivity index is 2.09. The standard InChI is InChI=1S/C12H18N2O5S/c1-7-11(8(2)19-14-7)20(17,18)13-6-9-4-3-5-10(9)12(15)16/h9-10,13H,3-6H2,1-2H3,(H,15,16). The Morgan fingerprint density at radius 1 is 1.45 bits per heavy atom. The van der Waals surface area contributed by atoms with Gasteiger partial charge in [-0.15, -0.1) is 0 Å². The number of hydrogen-bond acceptors (Lipinski definition) is 5. The summed E-state index contributed by atoms with van der Waals surface area (Å²) in [4.78, 5) is 11.1. The summed E-state index contributed by atoms with van der Waals surface area (Å²) in [6.45, 7) is 3.22. The van der Waals surface area contributed by atoms with Crippen molar-refractivity contribution >= 4 is 16.0 Å². The van der Waals surface area contributed by atoms with E-state index >= 15 is 0 Å². The van der Waals surface area contributed by atoms with Crippen LogP contribution < -0.4 is 4.72 Å². The average molecular weight is 302 g/mol. The van der Waals surface area contributed by atoms with E-state index in [1.807, 2.05) is 0 Å². The number of nitrogens with zero attached hydrogens (tertiary/aromatic N) is 1. The highest BCUT2D eigenvalue weighted by atomic mass is 32.2. The second-order valence-electron chi connectivity index (χ2n) is 5.14. The number of rotatable bonds is 5. The number of carboxylic acid groups (broad SMARTS) is 1. The SMILES string of the molecule is Cc1noc(C)c1S(=O)(=O)NCC1CCCC1C(=O)O. The molecule has 1 aromatic rings. The van der Waals surface area contributed by atoms with Gasteiger partial charge in [0.25, 0.3) is 0 Å². The number of hydrogen-bond donors (Lipinski definition) is 2. The van der Waals surface area contributed by atoms with Gasteiger partial charge in [-0.3, -0.25) is 4.79 Å². The van der Waals surface area contributed by atoms with Crippen molar-refractivity contribution in [3.05, 3.63) is 11.5 Å². The molecule has 0 saturated heterocycles. The van der Waals surface area contributed by atoms with E-state index in [-0.39, 0.29) is 23.1 Å². The molecule has 20 heavy (non-hydrogen) atoms. The summed E-state index contributed by atoms with van der Waals surface area (Å²) in [6.07, 6.45) is 2.14. The van der Waals surface area contributed by atoms with Crippen LogP contribution in [0.5, 0.6) is 0 Å². The molecule has 1 saturated carbocycles. The maximum absolute atomic E-state index is 12.2. The number of sulfonamides is 1. The van der Waals surface area contributed by atoms with Gasteiger partial charge < -0.3 is 9.63 Å². The molecule has 0 radical (unpaired) electrons. The van der Waals surface area contributed by atoms with Gasteiger partial charge in [0.05, 0.1) is 5.92 Å². The van der Waals surface area contributed by atoms with Gasteiger partial charge in [0, 0.05) is 6.54 Å². The van der Waals surface area contributed by atoms with Crippen LogP contribution in [-0.2, 0) is 14.8 Å². The zero-order valence-corrected chi connectivity index (χ0v) is 12.2. The number of aryl methyl sites for hydroxylation is 2. The van der Waals surface area contributed by atoms with Gasteiger partial charge in [-0.2, -0.15) is 0 Å². The van der Waals surface area contributed by atoms with Crippen molar-refractivity contribution in [1.29, 1.82) is 0 Å². The Kier molecular flexibility index (Phi) is 4.14. The lowest BCUT2D eigenvalue weighted by atomic mass is 9.97. The fraction of sp³-hybridized carbons (Fsp3) is 0.667. The lowest BCUT2D eigenvalue weighted by Crippen LogP contribution is -2.33. The van der Waals surface area contributed by atoms with Crippen LogP contribution in [0.15, 0.2) is 9.42 Å². The van der Waals surface area contributed by atoms with Gasteiger partial charge >= 0.3 is 5.97 Å². The van der Waals surface area contributed by atoms with Crippen LogP contribution in [0.4, 0.5) is 0 Å². The fourth-order valence-electron chi connectivity index (χ4n) is 2.75. The highest BCUT2D eigenvalue weighted by Gasteiger charge is 2.34. The Labute approximate surface area is 117 Å². The van der Waals surface area contributed by atoms with Crippen LogP contribution in [0.3, 0.4) is 0 Å². The molecule has 1 fully saturated rings. The van der Waals surface area contributed by atoms with Crippen molar-refractivity contribution in [3.63, 3.8) is 0 Å². The average Bonchev–Trinajstić information content (AvgIpc) is 2.94. The smallest absolute Gasteiger partial charge is 0.306 e. The van der Waals surface area contributed by atoms with E-state index < -0.39 is 21.9 Å². The molecule has 7 nitrogen and oxygen atoms in total. The molecule has 1 aliphatic carbocycles. The first kappa shape index (κ1) is 15.0. The Hall–Kier alpha value is -1.41. The Morgan fingerprint density at radius 3 is 2.70 bits per heavy atom. The third kappa shape index (κ3) is 2.85. The number of aliphatic carboxylic acids is 1. The molecule has 2 N–H and O–H groups in total. The number of nitrogens with one attached hydrogen (secondary N) is 1. The van der Waals surface area contributed by atoms with Crippen LogP contribution in [0.1, 0.15) is 30.7 Å². The molecule has 1 heterocycles. The Morgan fingerprint density at radius 2 is 2.15 bits per heavy atom. The molecule has 0 aromatic carbocycles. The van der Waals surface area contributed by atoms with E-state index in [2.05, 4.69) is 9.88 Å². The second kappa shape index (κ2) is 5.53. The van der Waals surface area contributed by atoms with Crippen molar-refractivity contribution in [3.8, 4) is 0 Å². The molecule has 0 amide bonds. The van der Waals surface area contributed by atoms with Crippen molar-refractivity contribution in [2.24, 2.45) is 11.8 Å². The summed E-state index contributed by atoms with van der Waals surface area (Å²) in [5.74, 6) is -1.26. The molecular weight excluding hydrogens is 284 g/mol. The molecule has 1 aromatic heterocycles.